The monoisotopic (exact) mass is 452 g/mol. The third-order valence-electron chi connectivity index (χ3n) is 3.24. The third-order valence-corrected chi connectivity index (χ3v) is 4.95. The van der Waals surface area contributed by atoms with Crippen LogP contribution in [0.3, 0.4) is 0 Å². The Morgan fingerprint density at radius 1 is 1.27 bits per heavy atom. The van der Waals surface area contributed by atoms with Crippen molar-refractivity contribution in [1.82, 2.24) is 14.8 Å². The third kappa shape index (κ3) is 5.00. The summed E-state index contributed by atoms with van der Waals surface area (Å²) < 4.78 is 7.64. The van der Waals surface area contributed by atoms with Crippen LogP contribution in [0.5, 0.6) is 5.75 Å². The Kier molecular flexibility index (Phi) is 6.18. The van der Waals surface area contributed by atoms with E-state index in [4.69, 9.17) is 16.3 Å². The van der Waals surface area contributed by atoms with Gasteiger partial charge < -0.3 is 10.1 Å². The van der Waals surface area contributed by atoms with Gasteiger partial charge in [-0.3, -0.25) is 4.79 Å². The molecule has 0 saturated heterocycles. The number of nitrogens with one attached hydrogen (secondary N) is 1. The highest BCUT2D eigenvalue weighted by atomic mass is 79.9. The number of benzene rings is 2. The van der Waals surface area contributed by atoms with Crippen molar-refractivity contribution < 1.29 is 9.53 Å². The van der Waals surface area contributed by atoms with Crippen molar-refractivity contribution in [3.05, 3.63) is 58.3 Å². The summed E-state index contributed by atoms with van der Waals surface area (Å²) in [7, 11) is 1.81. The van der Waals surface area contributed by atoms with E-state index in [1.807, 2.05) is 24.3 Å². The summed E-state index contributed by atoms with van der Waals surface area (Å²) >= 11 is 10.5. The first-order chi connectivity index (χ1) is 12.5. The largest absolute Gasteiger partial charge is 0.484 e. The van der Waals surface area contributed by atoms with Crippen LogP contribution in [0.1, 0.15) is 0 Å². The van der Waals surface area contributed by atoms with Crippen LogP contribution in [0.15, 0.2) is 63.3 Å². The fourth-order valence-corrected chi connectivity index (χ4v) is 3.58. The van der Waals surface area contributed by atoms with Gasteiger partial charge in [0, 0.05) is 17.0 Å². The van der Waals surface area contributed by atoms with Gasteiger partial charge in [-0.1, -0.05) is 23.7 Å². The van der Waals surface area contributed by atoms with E-state index in [-0.39, 0.29) is 12.5 Å². The molecule has 0 bridgehead atoms. The maximum Gasteiger partial charge on any atom is 0.262 e. The smallest absolute Gasteiger partial charge is 0.262 e. The van der Waals surface area contributed by atoms with Gasteiger partial charge >= 0.3 is 0 Å². The first-order valence-corrected chi connectivity index (χ1v) is 9.51. The van der Waals surface area contributed by atoms with E-state index in [0.717, 1.165) is 4.90 Å². The molecule has 1 amide bonds. The molecule has 6 nitrogen and oxygen atoms in total. The molecule has 0 aliphatic rings. The van der Waals surface area contributed by atoms with Gasteiger partial charge in [-0.15, -0.1) is 5.10 Å². The molecular weight excluding hydrogens is 440 g/mol. The van der Waals surface area contributed by atoms with Crippen LogP contribution in [-0.2, 0) is 11.8 Å². The Bertz CT molecular complexity index is 917. The number of nitrogens with zero attached hydrogens (tertiary/aromatic N) is 3. The SMILES string of the molecule is Cn1nc(Br)nc1Sc1ccccc1NC(=O)COc1ccc(Cl)cc1. The Morgan fingerprint density at radius 2 is 2.00 bits per heavy atom. The van der Waals surface area contributed by atoms with Crippen LogP contribution in [0.2, 0.25) is 5.02 Å². The molecular formula is C17H14BrClN4O2S. The molecule has 0 aliphatic carbocycles. The summed E-state index contributed by atoms with van der Waals surface area (Å²) in [6, 6.07) is 14.3. The zero-order valence-corrected chi connectivity index (χ0v) is 16.8. The lowest BCUT2D eigenvalue weighted by atomic mass is 10.3. The lowest BCUT2D eigenvalue weighted by Crippen LogP contribution is -2.20. The maximum atomic E-state index is 12.2. The summed E-state index contributed by atoms with van der Waals surface area (Å²) in [5.41, 5.74) is 0.682. The minimum absolute atomic E-state index is 0.101. The topological polar surface area (TPSA) is 69.0 Å². The molecule has 0 radical (unpaired) electrons. The second-order valence-corrected chi connectivity index (χ2v) is 7.33. The molecule has 1 heterocycles. The van der Waals surface area contributed by atoms with E-state index >= 15 is 0 Å². The highest BCUT2D eigenvalue weighted by Crippen LogP contribution is 2.32. The van der Waals surface area contributed by atoms with Gasteiger partial charge in [-0.2, -0.15) is 4.98 Å². The number of ether oxygens (including phenoxy) is 1. The van der Waals surface area contributed by atoms with Crippen molar-refractivity contribution in [3.8, 4) is 5.75 Å². The highest BCUT2D eigenvalue weighted by Gasteiger charge is 2.12. The summed E-state index contributed by atoms with van der Waals surface area (Å²) in [5, 5.41) is 8.33. The second kappa shape index (κ2) is 8.57. The number of amides is 1. The molecule has 0 aliphatic heterocycles. The minimum Gasteiger partial charge on any atom is -0.484 e. The van der Waals surface area contributed by atoms with E-state index in [1.165, 1.54) is 11.8 Å². The Morgan fingerprint density at radius 3 is 2.69 bits per heavy atom. The van der Waals surface area contributed by atoms with Crippen molar-refractivity contribution in [3.63, 3.8) is 0 Å². The normalized spacial score (nSPS) is 10.6. The number of carbonyl (C=O) groups is 1. The number of hydrogen-bond donors (Lipinski definition) is 1. The van der Waals surface area contributed by atoms with Gasteiger partial charge in [0.1, 0.15) is 5.75 Å². The number of anilines is 1. The van der Waals surface area contributed by atoms with Crippen LogP contribution in [0, 0.1) is 0 Å². The van der Waals surface area contributed by atoms with E-state index in [1.54, 1.807) is 36.0 Å². The van der Waals surface area contributed by atoms with E-state index in [0.29, 0.717) is 26.3 Å². The molecule has 0 spiro atoms. The quantitative estimate of drug-likeness (QED) is 0.599. The molecule has 1 aromatic heterocycles. The molecule has 134 valence electrons. The average molecular weight is 454 g/mol. The number of aryl methyl sites for hydroxylation is 1. The molecule has 26 heavy (non-hydrogen) atoms. The van der Waals surface area contributed by atoms with Crippen LogP contribution in [0.4, 0.5) is 5.69 Å². The number of para-hydroxylation sites is 1. The molecule has 3 aromatic rings. The summed E-state index contributed by atoms with van der Waals surface area (Å²) in [5.74, 6) is 0.322. The van der Waals surface area contributed by atoms with Gasteiger partial charge in [0.2, 0.25) is 4.73 Å². The van der Waals surface area contributed by atoms with Crippen molar-refractivity contribution >= 4 is 50.9 Å². The van der Waals surface area contributed by atoms with Crippen molar-refractivity contribution in [1.29, 1.82) is 0 Å². The summed E-state index contributed by atoms with van der Waals surface area (Å²) in [6.07, 6.45) is 0. The summed E-state index contributed by atoms with van der Waals surface area (Å²) in [6.45, 7) is -0.101. The average Bonchev–Trinajstić information content (AvgIpc) is 2.93. The molecule has 1 N–H and O–H groups in total. The van der Waals surface area contributed by atoms with Gasteiger partial charge in [0.05, 0.1) is 5.69 Å². The first-order valence-electron chi connectivity index (χ1n) is 7.53. The molecule has 0 fully saturated rings. The first kappa shape index (κ1) is 18.8. The van der Waals surface area contributed by atoms with Crippen LogP contribution in [-0.4, -0.2) is 27.3 Å². The zero-order chi connectivity index (χ0) is 18.5. The number of hydrogen-bond acceptors (Lipinski definition) is 5. The predicted octanol–water partition coefficient (Wildman–Crippen LogP) is 4.40. The number of halogens is 2. The zero-order valence-electron chi connectivity index (χ0n) is 13.6. The highest BCUT2D eigenvalue weighted by molar-refractivity contribution is 9.10. The van der Waals surface area contributed by atoms with E-state index < -0.39 is 0 Å². The maximum absolute atomic E-state index is 12.2. The molecule has 9 heteroatoms. The standard InChI is InChI=1S/C17H14BrClN4O2S/c1-23-17(21-16(18)22-23)26-14-5-3-2-4-13(14)20-15(24)10-25-12-8-6-11(19)7-9-12/h2-9H,10H2,1H3,(H,20,24). The number of rotatable bonds is 6. The minimum atomic E-state index is -0.257. The van der Waals surface area contributed by atoms with Gasteiger partial charge in [0.15, 0.2) is 11.8 Å². The van der Waals surface area contributed by atoms with Crippen molar-refractivity contribution in [2.45, 2.75) is 10.1 Å². The van der Waals surface area contributed by atoms with Crippen LogP contribution in [0.25, 0.3) is 0 Å². The predicted molar refractivity (Wildman–Crippen MR) is 105 cm³/mol. The fraction of sp³-hybridized carbons (Fsp3) is 0.118. The van der Waals surface area contributed by atoms with Crippen molar-refractivity contribution in [2.24, 2.45) is 7.05 Å². The van der Waals surface area contributed by atoms with E-state index in [9.17, 15) is 4.79 Å². The number of carbonyl (C=O) groups excluding carboxylic acids is 1. The molecule has 0 atom stereocenters. The van der Waals surface area contributed by atoms with Crippen molar-refractivity contribution in [2.75, 3.05) is 11.9 Å². The number of aromatic nitrogens is 3. The van der Waals surface area contributed by atoms with E-state index in [2.05, 4.69) is 31.3 Å². The van der Waals surface area contributed by atoms with Gasteiger partial charge in [0.25, 0.3) is 5.91 Å². The molecule has 0 unspecified atom stereocenters. The Labute approximate surface area is 168 Å². The van der Waals surface area contributed by atoms with Crippen LogP contribution < -0.4 is 10.1 Å². The van der Waals surface area contributed by atoms with Gasteiger partial charge in [-0.25, -0.2) is 4.68 Å². The fourth-order valence-electron chi connectivity index (χ4n) is 2.05. The second-order valence-electron chi connectivity index (χ2n) is 5.18. The lowest BCUT2D eigenvalue weighted by Gasteiger charge is -2.11. The summed E-state index contributed by atoms with van der Waals surface area (Å²) in [4.78, 5) is 17.4. The molecule has 3 rings (SSSR count). The lowest BCUT2D eigenvalue weighted by molar-refractivity contribution is -0.118. The Balaban J connectivity index is 1.64. The van der Waals surface area contributed by atoms with Crippen LogP contribution >= 0.6 is 39.3 Å². The Hall–Kier alpha value is -2.03. The van der Waals surface area contributed by atoms with Gasteiger partial charge in [-0.05, 0) is 64.1 Å². The molecule has 2 aromatic carbocycles. The molecule has 0 saturated carbocycles.